The highest BCUT2D eigenvalue weighted by Crippen LogP contribution is 2.21. The Morgan fingerprint density at radius 2 is 1.91 bits per heavy atom. The molecule has 0 amide bonds. The SMILES string of the molecule is Cc1nc(C)c(C)c(NCc2cccc(-c3cnn(C)c3)c2)n1. The minimum absolute atomic E-state index is 0.727. The van der Waals surface area contributed by atoms with E-state index in [0.29, 0.717) is 0 Å². The zero-order chi connectivity index (χ0) is 16.4. The van der Waals surface area contributed by atoms with Crippen molar-refractivity contribution >= 4 is 5.82 Å². The predicted octanol–water partition coefficient (Wildman–Crippen LogP) is 3.41. The maximum absolute atomic E-state index is 4.50. The minimum Gasteiger partial charge on any atom is -0.366 e. The van der Waals surface area contributed by atoms with Crippen molar-refractivity contribution in [2.45, 2.75) is 27.3 Å². The Morgan fingerprint density at radius 3 is 2.65 bits per heavy atom. The van der Waals surface area contributed by atoms with E-state index in [2.05, 4.69) is 44.6 Å². The number of aryl methyl sites for hydroxylation is 3. The Labute approximate surface area is 136 Å². The zero-order valence-electron chi connectivity index (χ0n) is 14.0. The molecule has 0 aliphatic heterocycles. The van der Waals surface area contributed by atoms with Crippen molar-refractivity contribution < 1.29 is 0 Å². The number of aromatic nitrogens is 4. The molecule has 3 aromatic rings. The van der Waals surface area contributed by atoms with Crippen molar-refractivity contribution in [1.82, 2.24) is 19.7 Å². The van der Waals surface area contributed by atoms with Gasteiger partial charge in [-0.1, -0.05) is 18.2 Å². The van der Waals surface area contributed by atoms with Crippen LogP contribution in [0.1, 0.15) is 22.6 Å². The highest BCUT2D eigenvalue weighted by atomic mass is 15.2. The highest BCUT2D eigenvalue weighted by molar-refractivity contribution is 5.62. The first-order chi connectivity index (χ1) is 11.0. The van der Waals surface area contributed by atoms with E-state index in [1.165, 1.54) is 11.1 Å². The molecule has 118 valence electrons. The van der Waals surface area contributed by atoms with E-state index in [-0.39, 0.29) is 0 Å². The normalized spacial score (nSPS) is 10.8. The van der Waals surface area contributed by atoms with Gasteiger partial charge in [-0.05, 0) is 38.0 Å². The molecule has 1 N–H and O–H groups in total. The van der Waals surface area contributed by atoms with Gasteiger partial charge in [-0.25, -0.2) is 9.97 Å². The Kier molecular flexibility index (Phi) is 4.10. The first-order valence-corrected chi connectivity index (χ1v) is 7.66. The van der Waals surface area contributed by atoms with E-state index in [1.54, 1.807) is 0 Å². The van der Waals surface area contributed by atoms with Gasteiger partial charge in [0.25, 0.3) is 0 Å². The molecule has 0 spiro atoms. The van der Waals surface area contributed by atoms with Gasteiger partial charge in [-0.3, -0.25) is 4.68 Å². The van der Waals surface area contributed by atoms with Crippen LogP contribution in [0.15, 0.2) is 36.7 Å². The molecular weight excluding hydrogens is 286 g/mol. The summed E-state index contributed by atoms with van der Waals surface area (Å²) < 4.78 is 1.82. The lowest BCUT2D eigenvalue weighted by Gasteiger charge is -2.11. The molecule has 3 rings (SSSR count). The van der Waals surface area contributed by atoms with Crippen LogP contribution in [-0.4, -0.2) is 19.7 Å². The molecule has 5 nitrogen and oxygen atoms in total. The highest BCUT2D eigenvalue weighted by Gasteiger charge is 2.06. The number of anilines is 1. The van der Waals surface area contributed by atoms with E-state index in [1.807, 2.05) is 44.9 Å². The van der Waals surface area contributed by atoms with Gasteiger partial charge in [-0.15, -0.1) is 0 Å². The van der Waals surface area contributed by atoms with Gasteiger partial charge >= 0.3 is 0 Å². The summed E-state index contributed by atoms with van der Waals surface area (Å²) in [7, 11) is 1.93. The third kappa shape index (κ3) is 3.39. The molecule has 2 aromatic heterocycles. The second kappa shape index (κ2) is 6.20. The minimum atomic E-state index is 0.727. The Balaban J connectivity index is 1.79. The Hall–Kier alpha value is -2.69. The van der Waals surface area contributed by atoms with Gasteiger partial charge in [0, 0.05) is 36.6 Å². The van der Waals surface area contributed by atoms with Crippen LogP contribution >= 0.6 is 0 Å². The average molecular weight is 307 g/mol. The van der Waals surface area contributed by atoms with E-state index in [4.69, 9.17) is 0 Å². The monoisotopic (exact) mass is 307 g/mol. The van der Waals surface area contributed by atoms with Gasteiger partial charge in [-0.2, -0.15) is 5.10 Å². The molecule has 0 atom stereocenters. The van der Waals surface area contributed by atoms with E-state index < -0.39 is 0 Å². The van der Waals surface area contributed by atoms with E-state index in [0.717, 1.165) is 35.0 Å². The second-order valence-electron chi connectivity index (χ2n) is 5.79. The summed E-state index contributed by atoms with van der Waals surface area (Å²) in [4.78, 5) is 8.88. The summed E-state index contributed by atoms with van der Waals surface area (Å²) in [6.45, 7) is 6.70. The molecule has 5 heteroatoms. The van der Waals surface area contributed by atoms with Gasteiger partial charge in [0.05, 0.1) is 6.20 Å². The van der Waals surface area contributed by atoms with Gasteiger partial charge in [0.2, 0.25) is 0 Å². The largest absolute Gasteiger partial charge is 0.366 e. The van der Waals surface area contributed by atoms with Crippen molar-refractivity contribution in [1.29, 1.82) is 0 Å². The average Bonchev–Trinajstić information content (AvgIpc) is 2.96. The molecule has 0 saturated carbocycles. The first-order valence-electron chi connectivity index (χ1n) is 7.66. The molecular formula is C18H21N5. The lowest BCUT2D eigenvalue weighted by atomic mass is 10.1. The van der Waals surface area contributed by atoms with Crippen molar-refractivity contribution in [3.8, 4) is 11.1 Å². The van der Waals surface area contributed by atoms with Crippen LogP contribution in [0.25, 0.3) is 11.1 Å². The van der Waals surface area contributed by atoms with Gasteiger partial charge in [0.1, 0.15) is 11.6 Å². The summed E-state index contributed by atoms with van der Waals surface area (Å²) in [5, 5.41) is 7.65. The van der Waals surface area contributed by atoms with Crippen LogP contribution < -0.4 is 5.32 Å². The topological polar surface area (TPSA) is 55.6 Å². The van der Waals surface area contributed by atoms with Crippen LogP contribution in [0.2, 0.25) is 0 Å². The smallest absolute Gasteiger partial charge is 0.133 e. The molecule has 0 aliphatic rings. The van der Waals surface area contributed by atoms with E-state index >= 15 is 0 Å². The summed E-state index contributed by atoms with van der Waals surface area (Å²) in [5.74, 6) is 1.70. The lowest BCUT2D eigenvalue weighted by molar-refractivity contribution is 0.768. The third-order valence-corrected chi connectivity index (χ3v) is 3.93. The lowest BCUT2D eigenvalue weighted by Crippen LogP contribution is -2.07. The Bertz CT molecular complexity index is 835. The fourth-order valence-corrected chi connectivity index (χ4v) is 2.56. The summed E-state index contributed by atoms with van der Waals surface area (Å²) in [6.07, 6.45) is 3.90. The predicted molar refractivity (Wildman–Crippen MR) is 92.2 cm³/mol. The maximum Gasteiger partial charge on any atom is 0.133 e. The fourth-order valence-electron chi connectivity index (χ4n) is 2.56. The van der Waals surface area contributed by atoms with Gasteiger partial charge < -0.3 is 5.32 Å². The van der Waals surface area contributed by atoms with Gasteiger partial charge in [0.15, 0.2) is 0 Å². The maximum atomic E-state index is 4.50. The van der Waals surface area contributed by atoms with Crippen LogP contribution in [0.4, 0.5) is 5.82 Å². The Morgan fingerprint density at radius 1 is 1.09 bits per heavy atom. The van der Waals surface area contributed by atoms with Crippen molar-refractivity contribution in [2.75, 3.05) is 5.32 Å². The fraction of sp³-hybridized carbons (Fsp3) is 0.278. The van der Waals surface area contributed by atoms with Crippen molar-refractivity contribution in [3.63, 3.8) is 0 Å². The number of rotatable bonds is 4. The summed E-state index contributed by atoms with van der Waals surface area (Å²) in [6, 6.07) is 8.47. The third-order valence-electron chi connectivity index (χ3n) is 3.93. The van der Waals surface area contributed by atoms with Crippen LogP contribution in [0, 0.1) is 20.8 Å². The molecule has 1 aromatic carbocycles. The standard InChI is InChI=1S/C18H21N5/c1-12-13(2)21-14(3)22-18(12)19-9-15-6-5-7-16(8-15)17-10-20-23(4)11-17/h5-8,10-11H,9H2,1-4H3,(H,19,21,22). The number of hydrogen-bond acceptors (Lipinski definition) is 4. The number of nitrogens with zero attached hydrogens (tertiary/aromatic N) is 4. The van der Waals surface area contributed by atoms with Crippen LogP contribution in [0.3, 0.4) is 0 Å². The molecule has 0 saturated heterocycles. The number of benzene rings is 1. The zero-order valence-corrected chi connectivity index (χ0v) is 14.0. The quantitative estimate of drug-likeness (QED) is 0.802. The molecule has 0 radical (unpaired) electrons. The van der Waals surface area contributed by atoms with E-state index in [9.17, 15) is 0 Å². The van der Waals surface area contributed by atoms with Crippen molar-refractivity contribution in [2.24, 2.45) is 7.05 Å². The van der Waals surface area contributed by atoms with Crippen molar-refractivity contribution in [3.05, 3.63) is 59.3 Å². The molecule has 0 bridgehead atoms. The summed E-state index contributed by atoms with van der Waals surface area (Å²) >= 11 is 0. The second-order valence-corrected chi connectivity index (χ2v) is 5.79. The number of hydrogen-bond donors (Lipinski definition) is 1. The number of nitrogens with one attached hydrogen (secondary N) is 1. The molecule has 0 unspecified atom stereocenters. The molecule has 0 fully saturated rings. The molecule has 23 heavy (non-hydrogen) atoms. The van der Waals surface area contributed by atoms with Crippen LogP contribution in [0.5, 0.6) is 0 Å². The van der Waals surface area contributed by atoms with Crippen LogP contribution in [-0.2, 0) is 13.6 Å². The summed E-state index contributed by atoms with van der Waals surface area (Å²) in [5.41, 5.74) is 5.62. The molecule has 0 aliphatic carbocycles. The molecule has 2 heterocycles. The first kappa shape index (κ1) is 15.2.